The molecule has 2 aromatic rings. The summed E-state index contributed by atoms with van der Waals surface area (Å²) in [5, 5.41) is 2.80. The largest absolute Gasteiger partial charge is 0.349 e. The molecule has 6 heteroatoms. The average Bonchev–Trinajstić information content (AvgIpc) is 2.56. The summed E-state index contributed by atoms with van der Waals surface area (Å²) in [5.74, 6) is -0.215. The van der Waals surface area contributed by atoms with Crippen LogP contribution in [-0.4, -0.2) is 23.3 Å². The van der Waals surface area contributed by atoms with Crippen LogP contribution in [0.2, 0.25) is 0 Å². The van der Waals surface area contributed by atoms with E-state index >= 15 is 0 Å². The molecule has 0 unspecified atom stereocenters. The highest BCUT2D eigenvalue weighted by molar-refractivity contribution is 9.10. The van der Waals surface area contributed by atoms with Crippen LogP contribution in [0.25, 0.3) is 0 Å². The van der Waals surface area contributed by atoms with E-state index in [0.717, 1.165) is 21.4 Å². The lowest BCUT2D eigenvalue weighted by molar-refractivity contribution is -0.124. The number of anilines is 1. The van der Waals surface area contributed by atoms with Crippen molar-refractivity contribution in [3.8, 4) is 0 Å². The quantitative estimate of drug-likeness (QED) is 0.894. The molecule has 0 aliphatic carbocycles. The van der Waals surface area contributed by atoms with Crippen LogP contribution in [0, 0.1) is 0 Å². The second-order valence-electron chi connectivity index (χ2n) is 5.35. The van der Waals surface area contributed by atoms with Crippen LogP contribution >= 0.6 is 15.9 Å². The molecule has 1 N–H and O–H groups in total. The highest BCUT2D eigenvalue weighted by atomic mass is 79.9. The summed E-state index contributed by atoms with van der Waals surface area (Å²) in [5.41, 5.74) is 2.68. The molecule has 0 saturated carbocycles. The first-order valence-corrected chi connectivity index (χ1v) is 8.18. The van der Waals surface area contributed by atoms with Gasteiger partial charge in [-0.15, -0.1) is 0 Å². The van der Waals surface area contributed by atoms with E-state index in [1.165, 1.54) is 0 Å². The molecule has 0 radical (unpaired) electrons. The van der Waals surface area contributed by atoms with Gasteiger partial charge in [-0.2, -0.15) is 0 Å². The minimum Gasteiger partial charge on any atom is -0.349 e. The van der Waals surface area contributed by atoms with Gasteiger partial charge in [0.1, 0.15) is 6.54 Å². The Bertz CT molecular complexity index is 734. The third kappa shape index (κ3) is 3.76. The van der Waals surface area contributed by atoms with Crippen molar-refractivity contribution in [3.63, 3.8) is 0 Å². The van der Waals surface area contributed by atoms with Gasteiger partial charge in [0.2, 0.25) is 11.8 Å². The van der Waals surface area contributed by atoms with Crippen LogP contribution in [0.5, 0.6) is 0 Å². The summed E-state index contributed by atoms with van der Waals surface area (Å²) in [7, 11) is 0. The lowest BCUT2D eigenvalue weighted by atomic mass is 10.0. The number of halogens is 1. The lowest BCUT2D eigenvalue weighted by Gasteiger charge is -2.29. The summed E-state index contributed by atoms with van der Waals surface area (Å²) in [6.07, 6.45) is 2.82. The highest BCUT2D eigenvalue weighted by Crippen LogP contribution is 2.30. The fourth-order valence-electron chi connectivity index (χ4n) is 2.59. The predicted molar refractivity (Wildman–Crippen MR) is 90.9 cm³/mol. The minimum atomic E-state index is -0.195. The normalized spacial score (nSPS) is 13.6. The van der Waals surface area contributed by atoms with Gasteiger partial charge in [-0.1, -0.05) is 22.0 Å². The van der Waals surface area contributed by atoms with E-state index < -0.39 is 0 Å². The highest BCUT2D eigenvalue weighted by Gasteiger charge is 2.25. The molecule has 0 bridgehead atoms. The molecule has 118 valence electrons. The van der Waals surface area contributed by atoms with E-state index in [2.05, 4.69) is 26.2 Å². The zero-order chi connectivity index (χ0) is 16.2. The molecule has 1 aromatic heterocycles. The standard InChI is InChI=1S/C17H16BrN3O2/c18-13-5-6-15-12(9-13)4-7-17(23)21(15)11-16(22)20-10-14-3-1-2-8-19-14/h1-3,5-6,8-9H,4,7,10-11H2,(H,20,22). The number of aromatic nitrogens is 1. The van der Waals surface area contributed by atoms with E-state index in [1.54, 1.807) is 11.1 Å². The summed E-state index contributed by atoms with van der Waals surface area (Å²) in [4.78, 5) is 30.1. The van der Waals surface area contributed by atoms with Gasteiger partial charge >= 0.3 is 0 Å². The van der Waals surface area contributed by atoms with Gasteiger partial charge in [-0.05, 0) is 42.3 Å². The van der Waals surface area contributed by atoms with Crippen LogP contribution < -0.4 is 10.2 Å². The average molecular weight is 374 g/mol. The molecule has 2 heterocycles. The molecular weight excluding hydrogens is 358 g/mol. The third-order valence-corrected chi connectivity index (χ3v) is 4.23. The number of hydrogen-bond acceptors (Lipinski definition) is 3. The second-order valence-corrected chi connectivity index (χ2v) is 6.27. The van der Waals surface area contributed by atoms with E-state index in [1.807, 2.05) is 36.4 Å². The predicted octanol–water partition coefficient (Wildman–Crippen LogP) is 2.44. The maximum absolute atomic E-state index is 12.2. The third-order valence-electron chi connectivity index (χ3n) is 3.74. The van der Waals surface area contributed by atoms with Crippen molar-refractivity contribution in [2.75, 3.05) is 11.4 Å². The zero-order valence-corrected chi connectivity index (χ0v) is 14.0. The first-order chi connectivity index (χ1) is 11.1. The molecule has 0 saturated heterocycles. The molecular formula is C17H16BrN3O2. The van der Waals surface area contributed by atoms with Crippen LogP contribution in [-0.2, 0) is 22.6 Å². The zero-order valence-electron chi connectivity index (χ0n) is 12.5. The Labute approximate surface area is 142 Å². The number of carbonyl (C=O) groups excluding carboxylic acids is 2. The SMILES string of the molecule is O=C(CN1C(=O)CCc2cc(Br)ccc21)NCc1ccccn1. The van der Waals surface area contributed by atoms with Crippen LogP contribution in [0.3, 0.4) is 0 Å². The van der Waals surface area contributed by atoms with Crippen LogP contribution in [0.15, 0.2) is 47.1 Å². The van der Waals surface area contributed by atoms with Gasteiger partial charge < -0.3 is 10.2 Å². The Kier molecular flexibility index (Phi) is 4.71. The van der Waals surface area contributed by atoms with Gasteiger partial charge in [0.15, 0.2) is 0 Å². The first-order valence-electron chi connectivity index (χ1n) is 7.39. The summed E-state index contributed by atoms with van der Waals surface area (Å²) in [6, 6.07) is 11.3. The number of hydrogen-bond donors (Lipinski definition) is 1. The lowest BCUT2D eigenvalue weighted by Crippen LogP contribution is -2.43. The molecule has 5 nitrogen and oxygen atoms in total. The van der Waals surface area contributed by atoms with Crippen LogP contribution in [0.4, 0.5) is 5.69 Å². The van der Waals surface area contributed by atoms with Crippen molar-refractivity contribution in [2.45, 2.75) is 19.4 Å². The van der Waals surface area contributed by atoms with Crippen molar-refractivity contribution < 1.29 is 9.59 Å². The number of amides is 2. The Hall–Kier alpha value is -2.21. The smallest absolute Gasteiger partial charge is 0.240 e. The molecule has 0 spiro atoms. The Balaban J connectivity index is 1.67. The van der Waals surface area contributed by atoms with E-state index in [9.17, 15) is 9.59 Å². The summed E-state index contributed by atoms with van der Waals surface area (Å²) >= 11 is 3.44. The fourth-order valence-corrected chi connectivity index (χ4v) is 3.00. The van der Waals surface area contributed by atoms with Crippen LogP contribution in [0.1, 0.15) is 17.7 Å². The molecule has 1 aromatic carbocycles. The number of nitrogens with one attached hydrogen (secondary N) is 1. The molecule has 2 amide bonds. The number of aryl methyl sites for hydroxylation is 1. The van der Waals surface area contributed by atoms with Crippen molar-refractivity contribution in [1.82, 2.24) is 10.3 Å². The maximum Gasteiger partial charge on any atom is 0.240 e. The number of fused-ring (bicyclic) bond motifs is 1. The Morgan fingerprint density at radius 3 is 2.91 bits per heavy atom. The second kappa shape index (κ2) is 6.91. The molecule has 0 atom stereocenters. The molecule has 23 heavy (non-hydrogen) atoms. The topological polar surface area (TPSA) is 62.3 Å². The van der Waals surface area contributed by atoms with Crippen molar-refractivity contribution in [3.05, 3.63) is 58.3 Å². The fraction of sp³-hybridized carbons (Fsp3) is 0.235. The molecule has 3 rings (SSSR count). The monoisotopic (exact) mass is 373 g/mol. The summed E-state index contributed by atoms with van der Waals surface area (Å²) < 4.78 is 0.977. The van der Waals surface area contributed by atoms with E-state index in [0.29, 0.717) is 19.4 Å². The van der Waals surface area contributed by atoms with Crippen molar-refractivity contribution in [2.24, 2.45) is 0 Å². The number of pyridine rings is 1. The maximum atomic E-state index is 12.2. The van der Waals surface area contributed by atoms with Gasteiger partial charge in [0.05, 0.1) is 12.2 Å². The number of carbonyl (C=O) groups is 2. The summed E-state index contributed by atoms with van der Waals surface area (Å²) in [6.45, 7) is 0.384. The Morgan fingerprint density at radius 1 is 1.26 bits per heavy atom. The van der Waals surface area contributed by atoms with Gasteiger partial charge in [-0.3, -0.25) is 14.6 Å². The van der Waals surface area contributed by atoms with Crippen molar-refractivity contribution >= 4 is 33.4 Å². The van der Waals surface area contributed by atoms with Gasteiger partial charge in [0.25, 0.3) is 0 Å². The number of nitrogens with zero attached hydrogens (tertiary/aromatic N) is 2. The van der Waals surface area contributed by atoms with Crippen molar-refractivity contribution in [1.29, 1.82) is 0 Å². The van der Waals surface area contributed by atoms with E-state index in [4.69, 9.17) is 0 Å². The first kappa shape index (κ1) is 15.7. The number of rotatable bonds is 4. The Morgan fingerprint density at radius 2 is 2.13 bits per heavy atom. The molecule has 0 fully saturated rings. The van der Waals surface area contributed by atoms with E-state index in [-0.39, 0.29) is 18.4 Å². The number of benzene rings is 1. The molecule has 1 aliphatic heterocycles. The van der Waals surface area contributed by atoms with Gasteiger partial charge in [-0.25, -0.2) is 0 Å². The van der Waals surface area contributed by atoms with Gasteiger partial charge in [0, 0.05) is 22.8 Å². The molecule has 1 aliphatic rings. The minimum absolute atomic E-state index is 0.0205.